The number of rotatable bonds is 4. The first-order valence-electron chi connectivity index (χ1n) is 6.74. The summed E-state index contributed by atoms with van der Waals surface area (Å²) in [4.78, 5) is 4.37. The topological polar surface area (TPSA) is 67.6 Å². The van der Waals surface area contributed by atoms with Crippen LogP contribution in [0.3, 0.4) is 0 Å². The Morgan fingerprint density at radius 2 is 2.16 bits per heavy atom. The molecule has 4 heteroatoms. The molecule has 0 aliphatic heterocycles. The maximum absolute atomic E-state index is 9.01. The Balaban J connectivity index is 2.46. The Kier molecular flexibility index (Phi) is 3.75. The molecule has 2 atom stereocenters. The van der Waals surface area contributed by atoms with Gasteiger partial charge in [-0.15, -0.1) is 0 Å². The second kappa shape index (κ2) is 5.31. The van der Waals surface area contributed by atoms with Gasteiger partial charge in [0.15, 0.2) is 0 Å². The van der Waals surface area contributed by atoms with E-state index in [2.05, 4.69) is 31.8 Å². The van der Waals surface area contributed by atoms with Gasteiger partial charge in [0, 0.05) is 6.04 Å². The van der Waals surface area contributed by atoms with E-state index in [0.29, 0.717) is 17.4 Å². The normalized spacial score (nSPS) is 14.2. The van der Waals surface area contributed by atoms with Crippen molar-refractivity contribution in [3.05, 3.63) is 23.8 Å². The molecule has 0 amide bonds. The highest BCUT2D eigenvalue weighted by molar-refractivity contribution is 5.80. The van der Waals surface area contributed by atoms with Crippen molar-refractivity contribution in [2.75, 3.05) is 5.73 Å². The zero-order valence-corrected chi connectivity index (χ0v) is 11.7. The Labute approximate surface area is 113 Å². The lowest BCUT2D eigenvalue weighted by Gasteiger charge is -2.19. The molecule has 0 fully saturated rings. The Hall–Kier alpha value is -2.02. The zero-order valence-electron chi connectivity index (χ0n) is 11.7. The number of imidazole rings is 1. The number of benzene rings is 1. The SMILES string of the molecule is CCC(C)CC(C)n1c(N)nc2ccc(C#N)cc21. The quantitative estimate of drug-likeness (QED) is 0.910. The third-order valence-corrected chi connectivity index (χ3v) is 3.73. The highest BCUT2D eigenvalue weighted by Crippen LogP contribution is 2.28. The van der Waals surface area contributed by atoms with Crippen LogP contribution in [0.5, 0.6) is 0 Å². The van der Waals surface area contributed by atoms with Gasteiger partial charge in [-0.25, -0.2) is 4.98 Å². The van der Waals surface area contributed by atoms with E-state index in [4.69, 9.17) is 11.0 Å². The van der Waals surface area contributed by atoms with Crippen molar-refractivity contribution >= 4 is 17.0 Å². The Morgan fingerprint density at radius 1 is 1.42 bits per heavy atom. The molecule has 0 spiro atoms. The zero-order chi connectivity index (χ0) is 14.0. The molecule has 2 unspecified atom stereocenters. The van der Waals surface area contributed by atoms with E-state index in [9.17, 15) is 0 Å². The lowest BCUT2D eigenvalue weighted by Crippen LogP contribution is -2.12. The first-order chi connectivity index (χ1) is 9.06. The van der Waals surface area contributed by atoms with E-state index < -0.39 is 0 Å². The number of nitriles is 1. The summed E-state index contributed by atoms with van der Waals surface area (Å²) < 4.78 is 2.04. The van der Waals surface area contributed by atoms with Gasteiger partial charge in [-0.3, -0.25) is 0 Å². The van der Waals surface area contributed by atoms with Gasteiger partial charge in [-0.05, 0) is 37.5 Å². The van der Waals surface area contributed by atoms with Crippen LogP contribution < -0.4 is 5.73 Å². The van der Waals surface area contributed by atoms with Crippen molar-refractivity contribution in [2.24, 2.45) is 5.92 Å². The highest BCUT2D eigenvalue weighted by Gasteiger charge is 2.16. The molecule has 2 N–H and O–H groups in total. The summed E-state index contributed by atoms with van der Waals surface area (Å²) in [7, 11) is 0. The number of hydrogen-bond acceptors (Lipinski definition) is 3. The van der Waals surface area contributed by atoms with Crippen molar-refractivity contribution in [2.45, 2.75) is 39.7 Å². The molecular formula is C15H20N4. The predicted octanol–water partition coefficient (Wildman–Crippen LogP) is 3.49. The molecule has 0 saturated heterocycles. The fourth-order valence-electron chi connectivity index (χ4n) is 2.50. The van der Waals surface area contributed by atoms with Crippen molar-refractivity contribution in [1.29, 1.82) is 5.26 Å². The number of fused-ring (bicyclic) bond motifs is 1. The van der Waals surface area contributed by atoms with E-state index in [1.807, 2.05) is 16.7 Å². The van der Waals surface area contributed by atoms with Crippen molar-refractivity contribution in [3.8, 4) is 6.07 Å². The van der Waals surface area contributed by atoms with Gasteiger partial charge in [0.05, 0.1) is 22.7 Å². The third kappa shape index (κ3) is 2.55. The Bertz CT molecular complexity index is 621. The minimum Gasteiger partial charge on any atom is -0.369 e. The van der Waals surface area contributed by atoms with Crippen LogP contribution in [-0.4, -0.2) is 9.55 Å². The minimum atomic E-state index is 0.286. The van der Waals surface area contributed by atoms with Gasteiger partial charge in [0.1, 0.15) is 0 Å². The fourth-order valence-corrected chi connectivity index (χ4v) is 2.50. The summed E-state index contributed by atoms with van der Waals surface area (Å²) in [6, 6.07) is 7.95. The van der Waals surface area contributed by atoms with Crippen molar-refractivity contribution in [3.63, 3.8) is 0 Å². The van der Waals surface area contributed by atoms with Gasteiger partial charge < -0.3 is 10.3 Å². The monoisotopic (exact) mass is 256 g/mol. The summed E-state index contributed by atoms with van der Waals surface area (Å²) in [5.41, 5.74) is 8.48. The lowest BCUT2D eigenvalue weighted by molar-refractivity contribution is 0.407. The Morgan fingerprint density at radius 3 is 2.79 bits per heavy atom. The molecule has 19 heavy (non-hydrogen) atoms. The van der Waals surface area contributed by atoms with Crippen LogP contribution in [0.25, 0.3) is 11.0 Å². The molecule has 4 nitrogen and oxygen atoms in total. The molecule has 0 aliphatic rings. The number of nitrogen functional groups attached to an aromatic ring is 1. The molecule has 1 aromatic carbocycles. The molecule has 0 radical (unpaired) electrons. The number of anilines is 1. The van der Waals surface area contributed by atoms with Crippen LogP contribution in [0.15, 0.2) is 18.2 Å². The van der Waals surface area contributed by atoms with Gasteiger partial charge in [0.25, 0.3) is 0 Å². The molecule has 0 aliphatic carbocycles. The van der Waals surface area contributed by atoms with E-state index in [-0.39, 0.29) is 6.04 Å². The number of aromatic nitrogens is 2. The van der Waals surface area contributed by atoms with Gasteiger partial charge >= 0.3 is 0 Å². The highest BCUT2D eigenvalue weighted by atomic mass is 15.2. The first-order valence-corrected chi connectivity index (χ1v) is 6.74. The lowest BCUT2D eigenvalue weighted by atomic mass is 10.00. The number of hydrogen-bond donors (Lipinski definition) is 1. The maximum Gasteiger partial charge on any atom is 0.201 e. The molecule has 100 valence electrons. The van der Waals surface area contributed by atoms with Gasteiger partial charge in [-0.2, -0.15) is 5.26 Å². The molecule has 1 aromatic heterocycles. The minimum absolute atomic E-state index is 0.286. The maximum atomic E-state index is 9.01. The standard InChI is InChI=1S/C15H20N4/c1-4-10(2)7-11(3)19-14-8-12(9-16)5-6-13(14)18-15(19)17/h5-6,8,10-11H,4,7H2,1-3H3,(H2,17,18). The van der Waals surface area contributed by atoms with E-state index in [0.717, 1.165) is 23.9 Å². The largest absolute Gasteiger partial charge is 0.369 e. The second-order valence-electron chi connectivity index (χ2n) is 5.25. The third-order valence-electron chi connectivity index (χ3n) is 3.73. The van der Waals surface area contributed by atoms with E-state index in [1.54, 1.807) is 6.07 Å². The molecule has 2 aromatic rings. The summed E-state index contributed by atoms with van der Waals surface area (Å²) in [5.74, 6) is 1.17. The van der Waals surface area contributed by atoms with E-state index >= 15 is 0 Å². The van der Waals surface area contributed by atoms with Crippen LogP contribution in [0.4, 0.5) is 5.95 Å². The molecule has 0 saturated carbocycles. The first kappa shape index (κ1) is 13.4. The molecule has 2 rings (SSSR count). The smallest absolute Gasteiger partial charge is 0.201 e. The summed E-state index contributed by atoms with van der Waals surface area (Å²) >= 11 is 0. The average Bonchev–Trinajstić information content (AvgIpc) is 2.73. The number of nitrogens with two attached hydrogens (primary N) is 1. The predicted molar refractivity (Wildman–Crippen MR) is 77.6 cm³/mol. The van der Waals surface area contributed by atoms with E-state index in [1.165, 1.54) is 0 Å². The second-order valence-corrected chi connectivity index (χ2v) is 5.25. The summed E-state index contributed by atoms with van der Waals surface area (Å²) in [6.07, 6.45) is 2.21. The van der Waals surface area contributed by atoms with Crippen LogP contribution >= 0.6 is 0 Å². The molecule has 1 heterocycles. The molecular weight excluding hydrogens is 236 g/mol. The van der Waals surface area contributed by atoms with Crippen molar-refractivity contribution in [1.82, 2.24) is 9.55 Å². The van der Waals surface area contributed by atoms with Crippen LogP contribution in [0.2, 0.25) is 0 Å². The average molecular weight is 256 g/mol. The van der Waals surface area contributed by atoms with Crippen LogP contribution in [0, 0.1) is 17.2 Å². The van der Waals surface area contributed by atoms with Crippen molar-refractivity contribution < 1.29 is 0 Å². The fraction of sp³-hybridized carbons (Fsp3) is 0.467. The summed E-state index contributed by atoms with van der Waals surface area (Å²) in [6.45, 7) is 6.59. The molecule has 0 bridgehead atoms. The summed E-state index contributed by atoms with van der Waals surface area (Å²) in [5, 5.41) is 9.01. The van der Waals surface area contributed by atoms with Gasteiger partial charge in [-0.1, -0.05) is 20.3 Å². The van der Waals surface area contributed by atoms with Gasteiger partial charge in [0.2, 0.25) is 5.95 Å². The van der Waals surface area contributed by atoms with Crippen LogP contribution in [0.1, 0.15) is 45.2 Å². The number of nitrogens with zero attached hydrogens (tertiary/aromatic N) is 3. The van der Waals surface area contributed by atoms with Crippen LogP contribution in [-0.2, 0) is 0 Å².